The second-order valence-electron chi connectivity index (χ2n) is 4.04. The number of carbonyl (C=O) groups is 1. The maximum atomic E-state index is 11.9. The SMILES string of the molecule is CCCNCCNS(=O)(=O)c1ccc(C(N)=O)cc1.Cl. The molecule has 0 heterocycles. The number of rotatable bonds is 8. The molecule has 0 saturated heterocycles. The van der Waals surface area contributed by atoms with E-state index in [1.807, 2.05) is 6.92 Å². The Balaban J connectivity index is 0.00000361. The van der Waals surface area contributed by atoms with Crippen LogP contribution in [-0.2, 0) is 10.0 Å². The van der Waals surface area contributed by atoms with Gasteiger partial charge in [0.25, 0.3) is 0 Å². The highest BCUT2D eigenvalue weighted by Crippen LogP contribution is 2.09. The van der Waals surface area contributed by atoms with E-state index in [0.29, 0.717) is 13.1 Å². The molecule has 0 aromatic heterocycles. The Morgan fingerprint density at radius 1 is 1.15 bits per heavy atom. The Kier molecular flexibility index (Phi) is 8.40. The van der Waals surface area contributed by atoms with Gasteiger partial charge in [-0.2, -0.15) is 0 Å². The minimum absolute atomic E-state index is 0. The van der Waals surface area contributed by atoms with Gasteiger partial charge < -0.3 is 11.1 Å². The molecule has 8 heteroatoms. The predicted octanol–water partition coefficient (Wildman–Crippen LogP) is 0.485. The maximum Gasteiger partial charge on any atom is 0.248 e. The lowest BCUT2D eigenvalue weighted by atomic mass is 10.2. The molecule has 0 aliphatic rings. The summed E-state index contributed by atoms with van der Waals surface area (Å²) in [6.07, 6.45) is 1.00. The molecule has 1 aromatic rings. The van der Waals surface area contributed by atoms with E-state index in [9.17, 15) is 13.2 Å². The van der Waals surface area contributed by atoms with Crippen LogP contribution in [0, 0.1) is 0 Å². The van der Waals surface area contributed by atoms with Crippen LogP contribution >= 0.6 is 12.4 Å². The van der Waals surface area contributed by atoms with E-state index >= 15 is 0 Å². The maximum absolute atomic E-state index is 11.9. The third-order valence-corrected chi connectivity index (χ3v) is 3.95. The number of amides is 1. The summed E-state index contributed by atoms with van der Waals surface area (Å²) in [5, 5.41) is 3.10. The van der Waals surface area contributed by atoms with Gasteiger partial charge in [0, 0.05) is 18.7 Å². The normalized spacial score (nSPS) is 10.8. The van der Waals surface area contributed by atoms with E-state index in [1.54, 1.807) is 0 Å². The number of benzene rings is 1. The zero-order valence-electron chi connectivity index (χ0n) is 11.3. The number of hydrogen-bond donors (Lipinski definition) is 3. The van der Waals surface area contributed by atoms with E-state index in [2.05, 4.69) is 10.0 Å². The fourth-order valence-corrected chi connectivity index (χ4v) is 2.49. The molecule has 0 atom stereocenters. The molecule has 1 rings (SSSR count). The van der Waals surface area contributed by atoms with Gasteiger partial charge in [-0.15, -0.1) is 12.4 Å². The fourth-order valence-electron chi connectivity index (χ4n) is 1.46. The van der Waals surface area contributed by atoms with Crippen LogP contribution in [0.5, 0.6) is 0 Å². The molecule has 0 spiro atoms. The van der Waals surface area contributed by atoms with E-state index in [4.69, 9.17) is 5.73 Å². The van der Waals surface area contributed by atoms with Crippen molar-refractivity contribution in [2.75, 3.05) is 19.6 Å². The summed E-state index contributed by atoms with van der Waals surface area (Å²) in [5.41, 5.74) is 5.37. The lowest BCUT2D eigenvalue weighted by Crippen LogP contribution is -2.32. The van der Waals surface area contributed by atoms with Crippen LogP contribution in [0.4, 0.5) is 0 Å². The number of hydrogen-bond acceptors (Lipinski definition) is 4. The molecule has 1 amide bonds. The average Bonchev–Trinajstić information content (AvgIpc) is 2.38. The molecule has 0 aliphatic carbocycles. The van der Waals surface area contributed by atoms with Crippen molar-refractivity contribution in [3.63, 3.8) is 0 Å². The molecule has 0 saturated carbocycles. The Labute approximate surface area is 125 Å². The summed E-state index contributed by atoms with van der Waals surface area (Å²) < 4.78 is 26.3. The number of nitrogens with one attached hydrogen (secondary N) is 2. The molecule has 6 nitrogen and oxygen atoms in total. The van der Waals surface area contributed by atoms with Crippen molar-refractivity contribution in [1.82, 2.24) is 10.0 Å². The van der Waals surface area contributed by atoms with E-state index in [-0.39, 0.29) is 22.9 Å². The third-order valence-electron chi connectivity index (χ3n) is 2.47. The minimum Gasteiger partial charge on any atom is -0.366 e. The summed E-state index contributed by atoms with van der Waals surface area (Å²) in [7, 11) is -3.53. The molecular weight excluding hydrogens is 302 g/mol. The van der Waals surface area contributed by atoms with Crippen molar-refractivity contribution < 1.29 is 13.2 Å². The van der Waals surface area contributed by atoms with Crippen molar-refractivity contribution in [3.05, 3.63) is 29.8 Å². The van der Waals surface area contributed by atoms with Crippen LogP contribution in [0.2, 0.25) is 0 Å². The Morgan fingerprint density at radius 2 is 1.75 bits per heavy atom. The van der Waals surface area contributed by atoms with E-state index in [0.717, 1.165) is 13.0 Å². The Morgan fingerprint density at radius 3 is 2.25 bits per heavy atom. The first-order chi connectivity index (χ1) is 8.97. The Bertz CT molecular complexity index is 517. The van der Waals surface area contributed by atoms with Gasteiger partial charge in [0.1, 0.15) is 0 Å². The first-order valence-electron chi connectivity index (χ1n) is 6.07. The molecule has 0 radical (unpaired) electrons. The highest BCUT2D eigenvalue weighted by Gasteiger charge is 2.13. The summed E-state index contributed by atoms with van der Waals surface area (Å²) in [6.45, 7) is 3.79. The molecule has 0 aliphatic heterocycles. The van der Waals surface area contributed by atoms with E-state index in [1.165, 1.54) is 24.3 Å². The highest BCUT2D eigenvalue weighted by molar-refractivity contribution is 7.89. The van der Waals surface area contributed by atoms with Crippen LogP contribution in [0.15, 0.2) is 29.2 Å². The first-order valence-corrected chi connectivity index (χ1v) is 7.56. The zero-order valence-corrected chi connectivity index (χ0v) is 12.9. The van der Waals surface area contributed by atoms with Crippen molar-refractivity contribution in [1.29, 1.82) is 0 Å². The summed E-state index contributed by atoms with van der Waals surface area (Å²) >= 11 is 0. The van der Waals surface area contributed by atoms with Gasteiger partial charge in [-0.05, 0) is 37.2 Å². The minimum atomic E-state index is -3.53. The van der Waals surface area contributed by atoms with Gasteiger partial charge in [-0.3, -0.25) is 4.79 Å². The zero-order chi connectivity index (χ0) is 14.3. The molecular formula is C12H20ClN3O3S. The second kappa shape index (κ2) is 8.91. The standard InChI is InChI=1S/C12H19N3O3S.ClH/c1-2-7-14-8-9-15-19(17,18)11-5-3-10(4-6-11)12(13)16;/h3-6,14-15H,2,7-9H2,1H3,(H2,13,16);1H. The van der Waals surface area contributed by atoms with Crippen LogP contribution < -0.4 is 15.8 Å². The molecule has 0 fully saturated rings. The van der Waals surface area contributed by atoms with E-state index < -0.39 is 15.9 Å². The number of carbonyl (C=O) groups excluding carboxylic acids is 1. The average molecular weight is 322 g/mol. The largest absolute Gasteiger partial charge is 0.366 e. The van der Waals surface area contributed by atoms with Crippen LogP contribution in [-0.4, -0.2) is 34.0 Å². The topological polar surface area (TPSA) is 101 Å². The molecule has 1 aromatic carbocycles. The van der Waals surface area contributed by atoms with Gasteiger partial charge in [-0.1, -0.05) is 6.92 Å². The number of halogens is 1. The molecule has 20 heavy (non-hydrogen) atoms. The van der Waals surface area contributed by atoms with Crippen LogP contribution in [0.25, 0.3) is 0 Å². The lowest BCUT2D eigenvalue weighted by molar-refractivity contribution is 0.1000. The number of primary amides is 1. The van der Waals surface area contributed by atoms with Gasteiger partial charge in [0.05, 0.1) is 4.90 Å². The van der Waals surface area contributed by atoms with Crippen LogP contribution in [0.3, 0.4) is 0 Å². The Hall–Kier alpha value is -1.15. The van der Waals surface area contributed by atoms with Crippen LogP contribution in [0.1, 0.15) is 23.7 Å². The van der Waals surface area contributed by atoms with Crippen molar-refractivity contribution in [2.45, 2.75) is 18.2 Å². The lowest BCUT2D eigenvalue weighted by Gasteiger charge is -2.07. The van der Waals surface area contributed by atoms with Crippen molar-refractivity contribution >= 4 is 28.3 Å². The van der Waals surface area contributed by atoms with Gasteiger partial charge in [0.15, 0.2) is 0 Å². The summed E-state index contributed by atoms with van der Waals surface area (Å²) in [5.74, 6) is -0.583. The van der Waals surface area contributed by atoms with Gasteiger partial charge in [0.2, 0.25) is 15.9 Å². The quantitative estimate of drug-likeness (QED) is 0.606. The predicted molar refractivity (Wildman–Crippen MR) is 80.6 cm³/mol. The monoisotopic (exact) mass is 321 g/mol. The number of sulfonamides is 1. The molecule has 4 N–H and O–H groups in total. The highest BCUT2D eigenvalue weighted by atomic mass is 35.5. The smallest absolute Gasteiger partial charge is 0.248 e. The molecule has 0 unspecified atom stereocenters. The molecule has 0 bridgehead atoms. The second-order valence-corrected chi connectivity index (χ2v) is 5.80. The van der Waals surface area contributed by atoms with Gasteiger partial charge in [-0.25, -0.2) is 13.1 Å². The van der Waals surface area contributed by atoms with Crippen molar-refractivity contribution in [2.24, 2.45) is 5.73 Å². The third kappa shape index (κ3) is 5.87. The van der Waals surface area contributed by atoms with Gasteiger partial charge >= 0.3 is 0 Å². The van der Waals surface area contributed by atoms with Crippen molar-refractivity contribution in [3.8, 4) is 0 Å². The summed E-state index contributed by atoms with van der Waals surface area (Å²) in [6, 6.07) is 5.52. The fraction of sp³-hybridized carbons (Fsp3) is 0.417. The number of nitrogens with two attached hydrogens (primary N) is 1. The summed E-state index contributed by atoms with van der Waals surface area (Å²) in [4.78, 5) is 11.0. The first kappa shape index (κ1) is 18.9. The molecule has 114 valence electrons.